The second-order valence-corrected chi connectivity index (χ2v) is 12.2. The molecule has 7 heavy (non-hydrogen) atoms. The maximum Gasteiger partial charge on any atom is 0.217 e. The Morgan fingerprint density at radius 1 is 1.29 bits per heavy atom. The van der Waals surface area contributed by atoms with E-state index in [4.69, 9.17) is 9.79 Å². The summed E-state index contributed by atoms with van der Waals surface area (Å²) in [6.45, 7) is 0. The zero-order chi connectivity index (χ0) is 6.08. The summed E-state index contributed by atoms with van der Waals surface area (Å²) in [6, 6.07) is 0. The van der Waals surface area contributed by atoms with Crippen LogP contribution in [0.15, 0.2) is 0 Å². The summed E-state index contributed by atoms with van der Waals surface area (Å²) in [4.78, 5) is 17.0. The summed E-state index contributed by atoms with van der Waals surface area (Å²) in [5, 5.41) is 0. The molecule has 0 saturated heterocycles. The molecule has 46 valence electrons. The average Bonchev–Trinajstić information content (AvgIpc) is 1.31. The summed E-state index contributed by atoms with van der Waals surface area (Å²) in [5.74, 6) is 0. The third-order valence-electron chi connectivity index (χ3n) is 0.219. The molecule has 0 bridgehead atoms. The smallest absolute Gasteiger partial charge is 0.217 e. The molecule has 7 heteroatoms. The highest BCUT2D eigenvalue weighted by molar-refractivity contribution is 9.09. The lowest BCUT2D eigenvalue weighted by atomic mass is 15.9. The van der Waals surface area contributed by atoms with Gasteiger partial charge in [-0.15, -0.1) is 23.3 Å². The van der Waals surface area contributed by atoms with Crippen molar-refractivity contribution in [1.29, 1.82) is 0 Å². The normalized spacial score (nSPS) is 12.9. The predicted molar refractivity (Wildman–Crippen MR) is 45.7 cm³/mol. The fourth-order valence-corrected chi connectivity index (χ4v) is 0. The third-order valence-corrected chi connectivity index (χ3v) is 9.86. The molecule has 2 nitrogen and oxygen atoms in total. The van der Waals surface area contributed by atoms with Gasteiger partial charge in [0.15, 0.2) is 0 Å². The molecule has 0 fully saturated rings. The van der Waals surface area contributed by atoms with Crippen LogP contribution < -0.4 is 0 Å². The van der Waals surface area contributed by atoms with Gasteiger partial charge in [0.25, 0.3) is 0 Å². The van der Waals surface area contributed by atoms with Crippen LogP contribution in [0.1, 0.15) is 0 Å². The van der Waals surface area contributed by atoms with Crippen molar-refractivity contribution in [3.8, 4) is 0 Å². The molecule has 0 saturated carbocycles. The zero-order valence-electron chi connectivity index (χ0n) is 3.09. The summed E-state index contributed by atoms with van der Waals surface area (Å²) in [7, 11) is -0.958. The first kappa shape index (κ1) is 8.75. The molecule has 0 aromatic carbocycles. The maximum absolute atomic E-state index is 8.49. The van der Waals surface area contributed by atoms with Gasteiger partial charge in [0.1, 0.15) is 0 Å². The van der Waals surface area contributed by atoms with Crippen LogP contribution in [-0.2, 0) is 8.14 Å². The zero-order valence-corrected chi connectivity index (χ0v) is 7.49. The minimum atomic E-state index is -3.04. The molecule has 0 spiro atoms. The molecule has 0 rings (SSSR count). The molecule has 0 atom stereocenters. The van der Waals surface area contributed by atoms with Crippen LogP contribution in [0, 0.1) is 0 Å². The molecule has 0 heterocycles. The molecule has 0 aliphatic carbocycles. The Morgan fingerprint density at radius 2 is 1.43 bits per heavy atom. The van der Waals surface area contributed by atoms with Gasteiger partial charge in [0.2, 0.25) is 5.69 Å². The number of rotatable bonds is 0. The Labute approximate surface area is 59.2 Å². The van der Waals surface area contributed by atoms with E-state index in [2.05, 4.69) is 35.6 Å². The molecule has 0 unspecified atom stereocenters. The Hall–Kier alpha value is 1.75. The second kappa shape index (κ2) is 3.06. The Morgan fingerprint density at radius 3 is 1.43 bits per heavy atom. The number of hydrogen-bond donors (Lipinski definition) is 5. The lowest BCUT2D eigenvalue weighted by molar-refractivity contribution is 0.502. The number of thiol groups is 3. The first-order chi connectivity index (χ1) is 2.94. The fraction of sp³-hybridized carbons (Fsp3) is 0. The topological polar surface area (TPSA) is 40.5 Å². The van der Waals surface area contributed by atoms with E-state index in [0.717, 1.165) is 0 Å². The van der Waals surface area contributed by atoms with Crippen molar-refractivity contribution in [2.45, 2.75) is 0 Å². The highest BCUT2D eigenvalue weighted by Gasteiger charge is 2.01. The van der Waals surface area contributed by atoms with Gasteiger partial charge in [0, 0.05) is 0 Å². The van der Waals surface area contributed by atoms with Crippen molar-refractivity contribution >= 4 is 49.4 Å². The van der Waals surface area contributed by atoms with E-state index in [1.54, 1.807) is 0 Å². The Bertz CT molecular complexity index is 98.6. The second-order valence-electron chi connectivity index (χ2n) is 0.758. The molecule has 0 aromatic heterocycles. The lowest BCUT2D eigenvalue weighted by Crippen LogP contribution is -1.66. The third kappa shape index (κ3) is 4.27. The van der Waals surface area contributed by atoms with Crippen LogP contribution >= 0.6 is 41.3 Å². The van der Waals surface area contributed by atoms with Crippen molar-refractivity contribution in [3.63, 3.8) is 0 Å². The van der Waals surface area contributed by atoms with Gasteiger partial charge in [0.05, 0.1) is 0 Å². The van der Waals surface area contributed by atoms with Gasteiger partial charge in [-0.3, -0.25) is 0 Å². The molecule has 0 radical (unpaired) electrons. The maximum atomic E-state index is 8.49. The van der Waals surface area contributed by atoms with E-state index in [0.29, 0.717) is 0 Å². The van der Waals surface area contributed by atoms with Gasteiger partial charge in [-0.2, -0.15) is 0 Å². The minimum absolute atomic E-state index is 0.958. The van der Waals surface area contributed by atoms with Gasteiger partial charge in [-0.1, -0.05) is 12.2 Å². The van der Waals surface area contributed by atoms with Crippen LogP contribution in [-0.4, -0.2) is 9.79 Å². The van der Waals surface area contributed by atoms with Crippen molar-refractivity contribution in [3.05, 3.63) is 0 Å². The van der Waals surface area contributed by atoms with E-state index in [1.807, 2.05) is 0 Å². The van der Waals surface area contributed by atoms with Crippen molar-refractivity contribution in [2.24, 2.45) is 0 Å². The van der Waals surface area contributed by atoms with Crippen molar-refractivity contribution < 1.29 is 9.79 Å². The highest BCUT2D eigenvalue weighted by atomic mass is 33.6. The standard InChI is InChI=1S/H5O2PS4/c1-3(2,4)7(5)6/h1-2,4-6H. The van der Waals surface area contributed by atoms with Crippen LogP contribution in [0.2, 0.25) is 0 Å². The van der Waals surface area contributed by atoms with Gasteiger partial charge in [-0.05, 0) is 8.14 Å². The van der Waals surface area contributed by atoms with E-state index in [1.165, 1.54) is 0 Å². The molecular formula is H5O2PS4. The fourth-order valence-electron chi connectivity index (χ4n) is 0. The summed E-state index contributed by atoms with van der Waals surface area (Å²) < 4.78 is 0. The minimum Gasteiger partial charge on any atom is -0.340 e. The SMILES string of the molecule is OP(O)(S)=S(S)S. The molecule has 0 aliphatic rings. The quantitative estimate of drug-likeness (QED) is 0.227. The first-order valence-corrected chi connectivity index (χ1v) is 7.93. The molecule has 0 amide bonds. The van der Waals surface area contributed by atoms with E-state index in [9.17, 15) is 0 Å². The summed E-state index contributed by atoms with van der Waals surface area (Å²) in [6.07, 6.45) is 0. The number of hydrogen-bond acceptors (Lipinski definition) is 0. The van der Waals surface area contributed by atoms with Gasteiger partial charge < -0.3 is 9.79 Å². The van der Waals surface area contributed by atoms with E-state index < -0.39 is 13.8 Å². The van der Waals surface area contributed by atoms with Crippen LogP contribution in [0.5, 0.6) is 0 Å². The molecule has 0 aromatic rings. The predicted octanol–water partition coefficient (Wildman–Crippen LogP) is 0.886. The summed E-state index contributed by atoms with van der Waals surface area (Å²) >= 11 is 10.7. The largest absolute Gasteiger partial charge is 0.340 e. The molecular weight excluding hydrogens is 191 g/mol. The molecule has 2 N–H and O–H groups in total. The van der Waals surface area contributed by atoms with Crippen molar-refractivity contribution in [1.82, 2.24) is 0 Å². The van der Waals surface area contributed by atoms with E-state index in [-0.39, 0.29) is 0 Å². The highest BCUT2D eigenvalue weighted by Crippen LogP contribution is 2.49. The molecule has 0 aliphatic heterocycles. The average molecular weight is 196 g/mol. The lowest BCUT2D eigenvalue weighted by Gasteiger charge is -2.02. The van der Waals surface area contributed by atoms with Gasteiger partial charge in [-0.25, -0.2) is 0 Å². The Balaban J connectivity index is 4.28. The van der Waals surface area contributed by atoms with Crippen LogP contribution in [0.4, 0.5) is 0 Å². The van der Waals surface area contributed by atoms with Crippen LogP contribution in [0.3, 0.4) is 0 Å². The van der Waals surface area contributed by atoms with Gasteiger partial charge >= 0.3 is 0 Å². The van der Waals surface area contributed by atoms with E-state index >= 15 is 0 Å². The first-order valence-electron chi connectivity index (χ1n) is 1.15. The van der Waals surface area contributed by atoms with Crippen molar-refractivity contribution in [2.75, 3.05) is 0 Å². The summed E-state index contributed by atoms with van der Waals surface area (Å²) in [5.41, 5.74) is -3.04. The monoisotopic (exact) mass is 196 g/mol. The van der Waals surface area contributed by atoms with Crippen LogP contribution in [0.25, 0.3) is 0 Å². The Kier molecular flexibility index (Phi) is 3.82.